The minimum atomic E-state index is -0.396. The molecule has 3 nitrogen and oxygen atoms in total. The van der Waals surface area contributed by atoms with Gasteiger partial charge >= 0.3 is 0 Å². The molecule has 0 bridgehead atoms. The van der Waals surface area contributed by atoms with Gasteiger partial charge in [-0.15, -0.1) is 6.58 Å². The van der Waals surface area contributed by atoms with E-state index in [1.54, 1.807) is 12.3 Å². The summed E-state index contributed by atoms with van der Waals surface area (Å²) in [7, 11) is 0. The molecule has 0 atom stereocenters. The molecule has 0 amide bonds. The van der Waals surface area contributed by atoms with Gasteiger partial charge < -0.3 is 9.88 Å². The molecule has 0 saturated carbocycles. The number of anilines is 2. The van der Waals surface area contributed by atoms with Gasteiger partial charge in [0.05, 0.1) is 10.7 Å². The van der Waals surface area contributed by atoms with Crippen LogP contribution in [-0.4, -0.2) is 9.55 Å². The van der Waals surface area contributed by atoms with E-state index >= 15 is 0 Å². The lowest BCUT2D eigenvalue weighted by molar-refractivity contribution is 0.627. The van der Waals surface area contributed by atoms with Crippen molar-refractivity contribution in [3.8, 4) is 0 Å². The highest BCUT2D eigenvalue weighted by molar-refractivity contribution is 9.10. The number of hydrogen-bond acceptors (Lipinski definition) is 2. The van der Waals surface area contributed by atoms with Crippen molar-refractivity contribution in [1.29, 1.82) is 0 Å². The maximum Gasteiger partial charge on any atom is 0.207 e. The molecule has 0 saturated heterocycles. The van der Waals surface area contributed by atoms with Gasteiger partial charge in [0.15, 0.2) is 0 Å². The van der Waals surface area contributed by atoms with Crippen molar-refractivity contribution < 1.29 is 4.39 Å². The molecule has 2 aromatic rings. The zero-order valence-corrected chi connectivity index (χ0v) is 11.7. The number of nitrogens with zero attached hydrogens (tertiary/aromatic N) is 2. The van der Waals surface area contributed by atoms with Crippen molar-refractivity contribution >= 4 is 39.2 Å². The summed E-state index contributed by atoms with van der Waals surface area (Å²) >= 11 is 9.25. The Labute approximate surface area is 117 Å². The van der Waals surface area contributed by atoms with Crippen molar-refractivity contribution in [2.24, 2.45) is 0 Å². The smallest absolute Gasteiger partial charge is 0.207 e. The monoisotopic (exact) mass is 329 g/mol. The highest BCUT2D eigenvalue weighted by Crippen LogP contribution is 2.33. The zero-order valence-electron chi connectivity index (χ0n) is 9.33. The molecule has 0 radical (unpaired) electrons. The summed E-state index contributed by atoms with van der Waals surface area (Å²) in [4.78, 5) is 4.17. The van der Waals surface area contributed by atoms with E-state index in [4.69, 9.17) is 11.6 Å². The fourth-order valence-corrected chi connectivity index (χ4v) is 2.39. The van der Waals surface area contributed by atoms with Crippen LogP contribution < -0.4 is 5.32 Å². The second-order valence-corrected chi connectivity index (χ2v) is 4.82. The standard InChI is InChI=1S/C12H10BrClFN3/c1-2-4-18-5-3-16-12(18)17-11-9(13)6-8(15)7-10(11)14/h2-3,5-7H,1,4H2,(H,16,17). The maximum absolute atomic E-state index is 13.1. The van der Waals surface area contributed by atoms with Crippen LogP contribution in [-0.2, 0) is 6.54 Å². The maximum atomic E-state index is 13.1. The van der Waals surface area contributed by atoms with Gasteiger partial charge in [-0.05, 0) is 28.1 Å². The number of benzene rings is 1. The molecule has 0 fully saturated rings. The first-order chi connectivity index (χ1) is 8.61. The summed E-state index contributed by atoms with van der Waals surface area (Å²) < 4.78 is 15.5. The second-order valence-electron chi connectivity index (χ2n) is 3.56. The Morgan fingerprint density at radius 1 is 1.56 bits per heavy atom. The molecule has 0 aliphatic heterocycles. The molecular formula is C12H10BrClFN3. The number of nitrogens with one attached hydrogen (secondary N) is 1. The van der Waals surface area contributed by atoms with Gasteiger partial charge in [0.1, 0.15) is 5.82 Å². The summed E-state index contributed by atoms with van der Waals surface area (Å²) in [5.74, 6) is 0.218. The molecule has 18 heavy (non-hydrogen) atoms. The third-order valence-electron chi connectivity index (χ3n) is 2.28. The average Bonchev–Trinajstić information content (AvgIpc) is 2.71. The Kier molecular flexibility index (Phi) is 4.04. The highest BCUT2D eigenvalue weighted by Gasteiger charge is 2.10. The van der Waals surface area contributed by atoms with Crippen molar-refractivity contribution in [1.82, 2.24) is 9.55 Å². The van der Waals surface area contributed by atoms with E-state index in [-0.39, 0.29) is 5.02 Å². The molecule has 1 heterocycles. The van der Waals surface area contributed by atoms with Crippen molar-refractivity contribution in [2.75, 3.05) is 5.32 Å². The van der Waals surface area contributed by atoms with E-state index in [1.807, 2.05) is 10.8 Å². The fourth-order valence-electron chi connectivity index (χ4n) is 1.49. The normalized spacial score (nSPS) is 10.4. The lowest BCUT2D eigenvalue weighted by Crippen LogP contribution is -2.03. The van der Waals surface area contributed by atoms with E-state index in [0.29, 0.717) is 22.7 Å². The summed E-state index contributed by atoms with van der Waals surface area (Å²) in [5, 5.41) is 3.35. The first-order valence-corrected chi connectivity index (χ1v) is 6.32. The number of allylic oxidation sites excluding steroid dienone is 1. The van der Waals surface area contributed by atoms with E-state index in [1.165, 1.54) is 12.1 Å². The van der Waals surface area contributed by atoms with Crippen molar-refractivity contribution in [3.05, 3.63) is 52.5 Å². The van der Waals surface area contributed by atoms with Crippen LogP contribution in [0.5, 0.6) is 0 Å². The Morgan fingerprint density at radius 2 is 2.33 bits per heavy atom. The first kappa shape index (κ1) is 13.1. The highest BCUT2D eigenvalue weighted by atomic mass is 79.9. The van der Waals surface area contributed by atoms with Gasteiger partial charge in [0.2, 0.25) is 5.95 Å². The third kappa shape index (κ3) is 2.73. The molecule has 0 spiro atoms. The Bertz CT molecular complexity index is 559. The van der Waals surface area contributed by atoms with Gasteiger partial charge in [-0.1, -0.05) is 17.7 Å². The number of aromatic nitrogens is 2. The van der Waals surface area contributed by atoms with Crippen LogP contribution in [0.2, 0.25) is 5.02 Å². The summed E-state index contributed by atoms with van der Waals surface area (Å²) in [5.41, 5.74) is 0.578. The summed E-state index contributed by atoms with van der Waals surface area (Å²) in [6.45, 7) is 4.29. The van der Waals surface area contributed by atoms with Crippen LogP contribution in [0.15, 0.2) is 41.7 Å². The molecule has 0 aliphatic carbocycles. The molecule has 94 valence electrons. The van der Waals surface area contributed by atoms with Gasteiger partial charge in [-0.2, -0.15) is 0 Å². The van der Waals surface area contributed by atoms with Crippen LogP contribution in [0, 0.1) is 5.82 Å². The van der Waals surface area contributed by atoms with E-state index < -0.39 is 5.82 Å². The molecule has 1 N–H and O–H groups in total. The van der Waals surface area contributed by atoms with E-state index in [2.05, 4.69) is 32.8 Å². The summed E-state index contributed by atoms with van der Waals surface area (Å²) in [6.07, 6.45) is 5.24. The molecule has 2 rings (SSSR count). The third-order valence-corrected chi connectivity index (χ3v) is 3.21. The number of imidazole rings is 1. The number of halogens is 3. The SMILES string of the molecule is C=CCn1ccnc1Nc1c(Cl)cc(F)cc1Br. The second kappa shape index (κ2) is 5.54. The van der Waals surface area contributed by atoms with Gasteiger partial charge in [0.25, 0.3) is 0 Å². The van der Waals surface area contributed by atoms with Gasteiger partial charge in [-0.25, -0.2) is 9.37 Å². The Balaban J connectivity index is 2.34. The molecule has 1 aromatic heterocycles. The molecule has 1 aromatic carbocycles. The molecule has 0 aliphatic rings. The quantitative estimate of drug-likeness (QED) is 0.844. The fraction of sp³-hybridized carbons (Fsp3) is 0.0833. The van der Waals surface area contributed by atoms with E-state index in [0.717, 1.165) is 0 Å². The topological polar surface area (TPSA) is 29.9 Å². The van der Waals surface area contributed by atoms with Crippen LogP contribution in [0.1, 0.15) is 0 Å². The lowest BCUT2D eigenvalue weighted by atomic mass is 10.3. The van der Waals surface area contributed by atoms with E-state index in [9.17, 15) is 4.39 Å². The van der Waals surface area contributed by atoms with Crippen LogP contribution in [0.4, 0.5) is 16.0 Å². The Morgan fingerprint density at radius 3 is 3.00 bits per heavy atom. The largest absolute Gasteiger partial charge is 0.323 e. The minimum absolute atomic E-state index is 0.287. The van der Waals surface area contributed by atoms with Crippen LogP contribution in [0.3, 0.4) is 0 Å². The predicted molar refractivity (Wildman–Crippen MR) is 74.8 cm³/mol. The van der Waals surface area contributed by atoms with Crippen LogP contribution >= 0.6 is 27.5 Å². The first-order valence-electron chi connectivity index (χ1n) is 5.15. The van der Waals surface area contributed by atoms with Crippen molar-refractivity contribution in [3.63, 3.8) is 0 Å². The summed E-state index contributed by atoms with van der Waals surface area (Å²) in [6, 6.07) is 2.59. The molecule has 6 heteroatoms. The number of rotatable bonds is 4. The van der Waals surface area contributed by atoms with Crippen LogP contribution in [0.25, 0.3) is 0 Å². The number of hydrogen-bond donors (Lipinski definition) is 1. The molecule has 0 unspecified atom stereocenters. The average molecular weight is 331 g/mol. The zero-order chi connectivity index (χ0) is 13.1. The van der Waals surface area contributed by atoms with Crippen molar-refractivity contribution in [2.45, 2.75) is 6.54 Å². The minimum Gasteiger partial charge on any atom is -0.323 e. The Hall–Kier alpha value is -1.33. The molecular weight excluding hydrogens is 321 g/mol. The predicted octanol–water partition coefficient (Wildman–Crippen LogP) is 4.37. The lowest BCUT2D eigenvalue weighted by Gasteiger charge is -2.11. The van der Waals surface area contributed by atoms with Gasteiger partial charge in [0, 0.05) is 23.4 Å². The van der Waals surface area contributed by atoms with Gasteiger partial charge in [-0.3, -0.25) is 0 Å².